The number of hydrogen-bond acceptors (Lipinski definition) is 3. The molecule has 3 N–H and O–H groups in total. The van der Waals surface area contributed by atoms with Gasteiger partial charge in [0.15, 0.2) is 5.11 Å². The van der Waals surface area contributed by atoms with E-state index in [1.165, 1.54) is 11.6 Å². The fraction of sp³-hybridized carbons (Fsp3) is 0.278. The van der Waals surface area contributed by atoms with Crippen LogP contribution in [-0.2, 0) is 11.3 Å². The summed E-state index contributed by atoms with van der Waals surface area (Å²) in [5.74, 6) is -0.297. The van der Waals surface area contributed by atoms with Gasteiger partial charge in [0, 0.05) is 23.4 Å². The molecule has 1 heterocycles. The lowest BCUT2D eigenvalue weighted by molar-refractivity contribution is -0.117. The maximum atomic E-state index is 11.8. The molecule has 1 amide bonds. The number of thiocarbonyl (C=S) groups is 1. The number of aromatic nitrogens is 2. The van der Waals surface area contributed by atoms with Crippen LogP contribution in [0.25, 0.3) is 6.08 Å². The minimum absolute atomic E-state index is 0.169. The standard InChI is InChI=1S/C18H23N5OS/c1-18(2,3)20-17(25)22-21-16(24)10-9-15-11-19-23(13-15)12-14-7-5-4-6-8-14/h4-11,13H,12H2,1-3H3,(H,21,24)(H2,20,22,25)/b10-9+. The van der Waals surface area contributed by atoms with E-state index >= 15 is 0 Å². The molecule has 0 fully saturated rings. The summed E-state index contributed by atoms with van der Waals surface area (Å²) >= 11 is 5.09. The SMILES string of the molecule is CC(C)(C)NC(=S)NNC(=O)/C=C/c1cnn(Cc2ccccc2)c1. The molecule has 0 spiro atoms. The van der Waals surface area contributed by atoms with E-state index in [4.69, 9.17) is 12.2 Å². The Kier molecular flexibility index (Phi) is 6.30. The fourth-order valence-electron chi connectivity index (χ4n) is 2.03. The molecule has 0 atom stereocenters. The average molecular weight is 357 g/mol. The van der Waals surface area contributed by atoms with E-state index in [0.29, 0.717) is 11.7 Å². The third kappa shape index (κ3) is 7.17. The van der Waals surface area contributed by atoms with Gasteiger partial charge in [0.25, 0.3) is 5.91 Å². The van der Waals surface area contributed by atoms with Gasteiger partial charge in [-0.2, -0.15) is 5.10 Å². The molecule has 132 valence electrons. The molecule has 0 aliphatic rings. The molecule has 0 saturated heterocycles. The molecule has 25 heavy (non-hydrogen) atoms. The lowest BCUT2D eigenvalue weighted by Crippen LogP contribution is -2.51. The monoisotopic (exact) mass is 357 g/mol. The van der Waals surface area contributed by atoms with Crippen LogP contribution in [0.3, 0.4) is 0 Å². The summed E-state index contributed by atoms with van der Waals surface area (Å²) in [6.45, 7) is 6.64. The highest BCUT2D eigenvalue weighted by molar-refractivity contribution is 7.80. The van der Waals surface area contributed by atoms with E-state index in [0.717, 1.165) is 5.56 Å². The Morgan fingerprint density at radius 1 is 1.24 bits per heavy atom. The zero-order valence-corrected chi connectivity index (χ0v) is 15.4. The summed E-state index contributed by atoms with van der Waals surface area (Å²) in [5, 5.41) is 7.70. The van der Waals surface area contributed by atoms with Crippen molar-refractivity contribution >= 4 is 29.3 Å². The predicted octanol–water partition coefficient (Wildman–Crippen LogP) is 2.24. The largest absolute Gasteiger partial charge is 0.357 e. The van der Waals surface area contributed by atoms with Crippen LogP contribution in [-0.4, -0.2) is 26.3 Å². The number of nitrogens with one attached hydrogen (secondary N) is 3. The quantitative estimate of drug-likeness (QED) is 0.445. The van der Waals surface area contributed by atoms with Gasteiger partial charge in [-0.3, -0.25) is 20.3 Å². The van der Waals surface area contributed by atoms with Gasteiger partial charge in [-0.05, 0) is 44.6 Å². The zero-order valence-electron chi connectivity index (χ0n) is 14.6. The minimum atomic E-state index is -0.297. The minimum Gasteiger partial charge on any atom is -0.357 e. The van der Waals surface area contributed by atoms with Crippen LogP contribution in [0.1, 0.15) is 31.9 Å². The van der Waals surface area contributed by atoms with Gasteiger partial charge in [0.05, 0.1) is 12.7 Å². The molecule has 0 aliphatic heterocycles. The van der Waals surface area contributed by atoms with Crippen LogP contribution >= 0.6 is 12.2 Å². The third-order valence-electron chi connectivity index (χ3n) is 3.06. The highest BCUT2D eigenvalue weighted by atomic mass is 32.1. The highest BCUT2D eigenvalue weighted by Crippen LogP contribution is 2.05. The summed E-state index contributed by atoms with van der Waals surface area (Å²) in [7, 11) is 0. The van der Waals surface area contributed by atoms with E-state index in [9.17, 15) is 4.79 Å². The molecule has 7 heteroatoms. The van der Waals surface area contributed by atoms with Crippen molar-refractivity contribution in [3.05, 3.63) is 59.9 Å². The molecule has 1 aromatic heterocycles. The van der Waals surface area contributed by atoms with Gasteiger partial charge in [-0.25, -0.2) is 0 Å². The fourth-order valence-corrected chi connectivity index (χ4v) is 2.38. The van der Waals surface area contributed by atoms with Crippen LogP contribution in [0.5, 0.6) is 0 Å². The maximum absolute atomic E-state index is 11.8. The summed E-state index contributed by atoms with van der Waals surface area (Å²) < 4.78 is 1.83. The number of benzene rings is 1. The van der Waals surface area contributed by atoms with Crippen molar-refractivity contribution in [2.24, 2.45) is 0 Å². The van der Waals surface area contributed by atoms with Gasteiger partial charge in [0.2, 0.25) is 0 Å². The number of hydrazine groups is 1. The molecular weight excluding hydrogens is 334 g/mol. The van der Waals surface area contributed by atoms with Crippen LogP contribution in [0.15, 0.2) is 48.8 Å². The van der Waals surface area contributed by atoms with Gasteiger partial charge in [0.1, 0.15) is 0 Å². The van der Waals surface area contributed by atoms with Crippen molar-refractivity contribution < 1.29 is 4.79 Å². The first-order chi connectivity index (χ1) is 11.8. The molecular formula is C18H23N5OS. The van der Waals surface area contributed by atoms with Crippen molar-refractivity contribution in [3.63, 3.8) is 0 Å². The Bertz CT molecular complexity index is 746. The third-order valence-corrected chi connectivity index (χ3v) is 3.26. The number of amides is 1. The first kappa shape index (κ1) is 18.7. The van der Waals surface area contributed by atoms with Crippen molar-refractivity contribution in [3.8, 4) is 0 Å². The Balaban J connectivity index is 1.81. The number of nitrogens with zero attached hydrogens (tertiary/aromatic N) is 2. The number of hydrogen-bond donors (Lipinski definition) is 3. The second-order valence-corrected chi connectivity index (χ2v) is 7.02. The van der Waals surface area contributed by atoms with Crippen molar-refractivity contribution in [1.29, 1.82) is 0 Å². The second kappa shape index (κ2) is 8.43. The van der Waals surface area contributed by atoms with Gasteiger partial charge >= 0.3 is 0 Å². The molecule has 6 nitrogen and oxygen atoms in total. The van der Waals surface area contributed by atoms with Crippen molar-refractivity contribution in [2.75, 3.05) is 0 Å². The number of carbonyl (C=O) groups excluding carboxylic acids is 1. The Morgan fingerprint density at radius 3 is 2.64 bits per heavy atom. The molecule has 1 aromatic carbocycles. The predicted molar refractivity (Wildman–Crippen MR) is 104 cm³/mol. The molecule has 0 radical (unpaired) electrons. The highest BCUT2D eigenvalue weighted by Gasteiger charge is 2.10. The van der Waals surface area contributed by atoms with Crippen molar-refractivity contribution in [2.45, 2.75) is 32.9 Å². The Labute approximate surface area is 153 Å². The van der Waals surface area contributed by atoms with Crippen LogP contribution < -0.4 is 16.2 Å². The van der Waals surface area contributed by atoms with Crippen LogP contribution in [0.4, 0.5) is 0 Å². The first-order valence-electron chi connectivity index (χ1n) is 7.94. The molecule has 0 unspecified atom stereocenters. The van der Waals surface area contributed by atoms with E-state index in [-0.39, 0.29) is 11.4 Å². The summed E-state index contributed by atoms with van der Waals surface area (Å²) in [4.78, 5) is 11.8. The van der Waals surface area contributed by atoms with Crippen LogP contribution in [0, 0.1) is 0 Å². The van der Waals surface area contributed by atoms with Crippen LogP contribution in [0.2, 0.25) is 0 Å². The summed E-state index contributed by atoms with van der Waals surface area (Å²) in [6.07, 6.45) is 6.73. The maximum Gasteiger partial charge on any atom is 0.262 e. The summed E-state index contributed by atoms with van der Waals surface area (Å²) in [5.41, 5.74) is 7.03. The first-order valence-corrected chi connectivity index (χ1v) is 8.35. The normalized spacial score (nSPS) is 11.3. The van der Waals surface area contributed by atoms with Gasteiger partial charge in [-0.15, -0.1) is 0 Å². The average Bonchev–Trinajstić information content (AvgIpc) is 2.98. The number of carbonyl (C=O) groups is 1. The molecule has 0 bridgehead atoms. The Morgan fingerprint density at radius 2 is 1.96 bits per heavy atom. The van der Waals surface area contributed by atoms with E-state index < -0.39 is 0 Å². The van der Waals surface area contributed by atoms with Gasteiger partial charge < -0.3 is 5.32 Å². The smallest absolute Gasteiger partial charge is 0.262 e. The van der Waals surface area contributed by atoms with Gasteiger partial charge in [-0.1, -0.05) is 30.3 Å². The number of rotatable bonds is 4. The lowest BCUT2D eigenvalue weighted by Gasteiger charge is -2.22. The molecule has 2 aromatic rings. The molecule has 0 aliphatic carbocycles. The topological polar surface area (TPSA) is 71.0 Å². The molecule has 0 saturated carbocycles. The zero-order chi connectivity index (χ0) is 18.3. The van der Waals surface area contributed by atoms with E-state index in [1.54, 1.807) is 12.3 Å². The second-order valence-electron chi connectivity index (χ2n) is 6.61. The summed E-state index contributed by atoms with van der Waals surface area (Å²) in [6, 6.07) is 10.1. The van der Waals surface area contributed by atoms with E-state index in [1.807, 2.05) is 62.0 Å². The van der Waals surface area contributed by atoms with E-state index in [2.05, 4.69) is 21.3 Å². The molecule has 2 rings (SSSR count). The van der Waals surface area contributed by atoms with Crippen molar-refractivity contribution in [1.82, 2.24) is 25.9 Å². The Hall–Kier alpha value is -2.67. The lowest BCUT2D eigenvalue weighted by atomic mass is 10.1.